The molecule has 0 fully saturated rings. The molecule has 2 aromatic rings. The average molecular weight is 275 g/mol. The first-order valence-corrected chi connectivity index (χ1v) is 6.98. The van der Waals surface area contributed by atoms with Crippen molar-refractivity contribution in [2.45, 2.75) is 25.7 Å². The first kappa shape index (κ1) is 14.4. The summed E-state index contributed by atoms with van der Waals surface area (Å²) < 4.78 is 0. The van der Waals surface area contributed by atoms with Crippen LogP contribution in [-0.4, -0.2) is 29.1 Å². The number of nitrogen functional groups attached to an aromatic ring is 1. The Kier molecular flexibility index (Phi) is 5.01. The van der Waals surface area contributed by atoms with Crippen LogP contribution in [0.15, 0.2) is 24.4 Å². The van der Waals surface area contributed by atoms with Crippen LogP contribution in [0.1, 0.15) is 36.0 Å². The van der Waals surface area contributed by atoms with Gasteiger partial charge in [-0.2, -0.15) is 0 Å². The van der Waals surface area contributed by atoms with Crippen molar-refractivity contribution in [2.24, 2.45) is 0 Å². The number of fused-ring (bicyclic) bond motifs is 1. The van der Waals surface area contributed by atoms with Crippen LogP contribution in [0.3, 0.4) is 0 Å². The highest BCUT2D eigenvalue weighted by Gasteiger charge is 2.11. The molecule has 5 N–H and O–H groups in total. The van der Waals surface area contributed by atoms with E-state index in [-0.39, 0.29) is 12.5 Å². The number of aliphatic hydroxyl groups is 1. The molecule has 108 valence electrons. The van der Waals surface area contributed by atoms with E-state index in [1.807, 2.05) is 12.1 Å². The molecule has 1 aromatic heterocycles. The SMILES string of the molecule is Nc1ccc2c(C(=O)NCCCCCCO)c[nH]c2c1. The van der Waals surface area contributed by atoms with Gasteiger partial charge in [0.05, 0.1) is 5.56 Å². The molecule has 5 heteroatoms. The minimum atomic E-state index is -0.0665. The predicted molar refractivity (Wildman–Crippen MR) is 80.6 cm³/mol. The van der Waals surface area contributed by atoms with E-state index in [4.69, 9.17) is 10.8 Å². The normalized spacial score (nSPS) is 10.8. The molecular formula is C15H21N3O2. The van der Waals surface area contributed by atoms with Gasteiger partial charge in [0.25, 0.3) is 5.91 Å². The fourth-order valence-electron chi connectivity index (χ4n) is 2.22. The van der Waals surface area contributed by atoms with E-state index in [1.54, 1.807) is 12.3 Å². The molecule has 20 heavy (non-hydrogen) atoms. The number of carbonyl (C=O) groups excluding carboxylic acids is 1. The van der Waals surface area contributed by atoms with E-state index >= 15 is 0 Å². The molecule has 0 saturated heterocycles. The molecular weight excluding hydrogens is 254 g/mol. The Bertz CT molecular complexity index is 578. The van der Waals surface area contributed by atoms with Crippen molar-refractivity contribution in [1.82, 2.24) is 10.3 Å². The van der Waals surface area contributed by atoms with Crippen molar-refractivity contribution in [3.8, 4) is 0 Å². The molecule has 0 radical (unpaired) electrons. The maximum absolute atomic E-state index is 12.1. The van der Waals surface area contributed by atoms with Gasteiger partial charge >= 0.3 is 0 Å². The minimum absolute atomic E-state index is 0.0665. The van der Waals surface area contributed by atoms with Gasteiger partial charge in [-0.05, 0) is 31.0 Å². The number of aromatic nitrogens is 1. The monoisotopic (exact) mass is 275 g/mol. The van der Waals surface area contributed by atoms with Gasteiger partial charge in [0.2, 0.25) is 0 Å². The number of unbranched alkanes of at least 4 members (excludes halogenated alkanes) is 3. The van der Waals surface area contributed by atoms with E-state index in [0.29, 0.717) is 17.8 Å². The number of hydrogen-bond donors (Lipinski definition) is 4. The lowest BCUT2D eigenvalue weighted by Gasteiger charge is -2.04. The number of aromatic amines is 1. The number of hydrogen-bond acceptors (Lipinski definition) is 3. The Labute approximate surface area is 118 Å². The second-order valence-electron chi connectivity index (χ2n) is 4.90. The van der Waals surface area contributed by atoms with E-state index in [9.17, 15) is 4.79 Å². The topological polar surface area (TPSA) is 91.1 Å². The summed E-state index contributed by atoms with van der Waals surface area (Å²) in [7, 11) is 0. The predicted octanol–water partition coefficient (Wildman–Crippen LogP) is 2.03. The fourth-order valence-corrected chi connectivity index (χ4v) is 2.22. The number of carbonyl (C=O) groups is 1. The zero-order valence-electron chi connectivity index (χ0n) is 11.5. The molecule has 0 unspecified atom stereocenters. The lowest BCUT2D eigenvalue weighted by molar-refractivity contribution is 0.0954. The van der Waals surface area contributed by atoms with Crippen LogP contribution in [0.25, 0.3) is 10.9 Å². The molecule has 0 aliphatic heterocycles. The highest BCUT2D eigenvalue weighted by molar-refractivity contribution is 6.07. The lowest BCUT2D eigenvalue weighted by Crippen LogP contribution is -2.24. The number of anilines is 1. The van der Waals surface area contributed by atoms with E-state index < -0.39 is 0 Å². The summed E-state index contributed by atoms with van der Waals surface area (Å²) in [6, 6.07) is 5.47. The fraction of sp³-hybridized carbons (Fsp3) is 0.400. The molecule has 0 aliphatic carbocycles. The molecule has 1 aromatic carbocycles. The molecule has 0 aliphatic rings. The van der Waals surface area contributed by atoms with Crippen molar-refractivity contribution in [2.75, 3.05) is 18.9 Å². The number of aliphatic hydroxyl groups excluding tert-OH is 1. The number of nitrogens with one attached hydrogen (secondary N) is 2. The Morgan fingerprint density at radius 1 is 1.25 bits per heavy atom. The average Bonchev–Trinajstić information content (AvgIpc) is 2.85. The van der Waals surface area contributed by atoms with Gasteiger partial charge in [0, 0.05) is 35.9 Å². The Morgan fingerprint density at radius 3 is 2.85 bits per heavy atom. The van der Waals surface area contributed by atoms with Crippen molar-refractivity contribution < 1.29 is 9.90 Å². The number of benzene rings is 1. The van der Waals surface area contributed by atoms with Crippen LogP contribution in [0, 0.1) is 0 Å². The van der Waals surface area contributed by atoms with Gasteiger partial charge in [0.1, 0.15) is 0 Å². The van der Waals surface area contributed by atoms with E-state index in [0.717, 1.165) is 36.6 Å². The number of nitrogens with two attached hydrogens (primary N) is 1. The van der Waals surface area contributed by atoms with Crippen molar-refractivity contribution >= 4 is 22.5 Å². The van der Waals surface area contributed by atoms with Crippen LogP contribution in [0.2, 0.25) is 0 Å². The van der Waals surface area contributed by atoms with Crippen LogP contribution in [-0.2, 0) is 0 Å². The highest BCUT2D eigenvalue weighted by Crippen LogP contribution is 2.20. The second kappa shape index (κ2) is 6.96. The summed E-state index contributed by atoms with van der Waals surface area (Å²) in [4.78, 5) is 15.2. The minimum Gasteiger partial charge on any atom is -0.399 e. The van der Waals surface area contributed by atoms with E-state index in [2.05, 4.69) is 10.3 Å². The Morgan fingerprint density at radius 2 is 2.05 bits per heavy atom. The second-order valence-corrected chi connectivity index (χ2v) is 4.90. The lowest BCUT2D eigenvalue weighted by atomic mass is 10.1. The van der Waals surface area contributed by atoms with Crippen molar-refractivity contribution in [3.63, 3.8) is 0 Å². The van der Waals surface area contributed by atoms with Crippen LogP contribution < -0.4 is 11.1 Å². The largest absolute Gasteiger partial charge is 0.399 e. The number of amides is 1. The Hall–Kier alpha value is -2.01. The summed E-state index contributed by atoms with van der Waals surface area (Å²) in [5.74, 6) is -0.0665. The zero-order valence-corrected chi connectivity index (χ0v) is 11.5. The molecule has 1 amide bonds. The quantitative estimate of drug-likeness (QED) is 0.460. The standard InChI is InChI=1S/C15H21N3O2/c16-11-5-6-12-13(10-18-14(12)9-11)15(20)17-7-3-1-2-4-8-19/h5-6,9-10,18-19H,1-4,7-8,16H2,(H,17,20). The molecule has 0 spiro atoms. The molecule has 0 atom stereocenters. The summed E-state index contributed by atoms with van der Waals surface area (Å²) >= 11 is 0. The van der Waals surface area contributed by atoms with Crippen LogP contribution >= 0.6 is 0 Å². The van der Waals surface area contributed by atoms with Crippen LogP contribution in [0.5, 0.6) is 0 Å². The van der Waals surface area contributed by atoms with Crippen molar-refractivity contribution in [3.05, 3.63) is 30.0 Å². The summed E-state index contributed by atoms with van der Waals surface area (Å²) in [6.45, 7) is 0.900. The Balaban J connectivity index is 1.88. The summed E-state index contributed by atoms with van der Waals surface area (Å²) in [5, 5.41) is 12.5. The molecule has 2 rings (SSSR count). The van der Waals surface area contributed by atoms with Gasteiger partial charge in [-0.15, -0.1) is 0 Å². The van der Waals surface area contributed by atoms with Gasteiger partial charge in [0.15, 0.2) is 0 Å². The first-order valence-electron chi connectivity index (χ1n) is 6.98. The van der Waals surface area contributed by atoms with E-state index in [1.165, 1.54) is 0 Å². The molecule has 0 saturated carbocycles. The van der Waals surface area contributed by atoms with Gasteiger partial charge < -0.3 is 21.1 Å². The first-order chi connectivity index (χ1) is 9.72. The van der Waals surface area contributed by atoms with Gasteiger partial charge in [-0.1, -0.05) is 12.8 Å². The van der Waals surface area contributed by atoms with Crippen molar-refractivity contribution in [1.29, 1.82) is 0 Å². The third kappa shape index (κ3) is 3.51. The number of rotatable bonds is 7. The third-order valence-corrected chi connectivity index (χ3v) is 3.32. The maximum Gasteiger partial charge on any atom is 0.253 e. The van der Waals surface area contributed by atoms with Gasteiger partial charge in [-0.25, -0.2) is 0 Å². The highest BCUT2D eigenvalue weighted by atomic mass is 16.2. The molecule has 1 heterocycles. The summed E-state index contributed by atoms with van der Waals surface area (Å²) in [5.41, 5.74) is 7.91. The smallest absolute Gasteiger partial charge is 0.253 e. The zero-order chi connectivity index (χ0) is 14.4. The molecule has 0 bridgehead atoms. The molecule has 5 nitrogen and oxygen atoms in total. The van der Waals surface area contributed by atoms with Crippen LogP contribution in [0.4, 0.5) is 5.69 Å². The number of H-pyrrole nitrogens is 1. The summed E-state index contributed by atoms with van der Waals surface area (Å²) in [6.07, 6.45) is 5.49. The van der Waals surface area contributed by atoms with Gasteiger partial charge in [-0.3, -0.25) is 4.79 Å². The maximum atomic E-state index is 12.1. The third-order valence-electron chi connectivity index (χ3n) is 3.32.